The number of hydrogen-bond donors (Lipinski definition) is 3. The molecule has 3 N–H and O–H groups in total. The summed E-state index contributed by atoms with van der Waals surface area (Å²) in [6.07, 6.45) is 9.52. The number of nitrogens with zero attached hydrogens (tertiary/aromatic N) is 1. The number of aliphatic imine (C=N–C) groups is 1. The Balaban J connectivity index is 1.63. The van der Waals surface area contributed by atoms with Crippen LogP contribution in [0.4, 0.5) is 0 Å². The lowest BCUT2D eigenvalue weighted by molar-refractivity contribution is 0.386. The van der Waals surface area contributed by atoms with Crippen LogP contribution in [0.5, 0.6) is 11.5 Å². The molecule has 0 amide bonds. The van der Waals surface area contributed by atoms with Crippen molar-refractivity contribution >= 4 is 16.9 Å². The molecular formula is C19H30N4O2S. The molecule has 0 aromatic heterocycles. The summed E-state index contributed by atoms with van der Waals surface area (Å²) in [7, 11) is 3.36. The third kappa shape index (κ3) is 4.84. The molecule has 1 saturated heterocycles. The second-order valence-corrected chi connectivity index (χ2v) is 7.61. The summed E-state index contributed by atoms with van der Waals surface area (Å²) < 4.78 is 10.8. The largest absolute Gasteiger partial charge is 0.497 e. The molecular weight excluding hydrogens is 348 g/mol. The quantitative estimate of drug-likeness (QED) is 0.540. The molecule has 0 radical (unpaired) electrons. The molecule has 1 aliphatic heterocycles. The summed E-state index contributed by atoms with van der Waals surface area (Å²) >= 11 is 1.69. The van der Waals surface area contributed by atoms with Gasteiger partial charge in [0.15, 0.2) is 5.17 Å². The van der Waals surface area contributed by atoms with E-state index < -0.39 is 0 Å². The second kappa shape index (κ2) is 9.48. The van der Waals surface area contributed by atoms with Crippen LogP contribution < -0.4 is 25.6 Å². The fourth-order valence-corrected chi connectivity index (χ4v) is 4.16. The van der Waals surface area contributed by atoms with Crippen molar-refractivity contribution in [1.29, 1.82) is 0 Å². The van der Waals surface area contributed by atoms with E-state index in [-0.39, 0.29) is 12.2 Å². The molecule has 3 rings (SSSR count). The smallest absolute Gasteiger partial charge is 0.158 e. The summed E-state index contributed by atoms with van der Waals surface area (Å²) in [4.78, 5) is 4.88. The van der Waals surface area contributed by atoms with E-state index in [1.807, 2.05) is 12.1 Å². The Morgan fingerprint density at radius 3 is 2.65 bits per heavy atom. The van der Waals surface area contributed by atoms with Crippen LogP contribution in [0, 0.1) is 0 Å². The third-order valence-electron chi connectivity index (χ3n) is 5.10. The van der Waals surface area contributed by atoms with Gasteiger partial charge in [-0.15, -0.1) is 0 Å². The number of hydrogen-bond acceptors (Lipinski definition) is 6. The molecule has 2 aliphatic rings. The van der Waals surface area contributed by atoms with Gasteiger partial charge < -0.3 is 14.8 Å². The molecule has 1 aromatic rings. The molecule has 144 valence electrons. The number of thioether (sulfide) groups is 1. The number of methoxy groups -OCH3 is 2. The summed E-state index contributed by atoms with van der Waals surface area (Å²) in [5.74, 6) is 1.63. The third-order valence-corrected chi connectivity index (χ3v) is 5.71. The zero-order valence-electron chi connectivity index (χ0n) is 15.9. The molecule has 2 unspecified atom stereocenters. The van der Waals surface area contributed by atoms with Gasteiger partial charge in [-0.2, -0.15) is 0 Å². The Morgan fingerprint density at radius 1 is 1.15 bits per heavy atom. The van der Waals surface area contributed by atoms with Crippen molar-refractivity contribution in [3.63, 3.8) is 0 Å². The zero-order valence-corrected chi connectivity index (χ0v) is 16.7. The van der Waals surface area contributed by atoms with Crippen molar-refractivity contribution in [2.24, 2.45) is 4.99 Å². The van der Waals surface area contributed by atoms with Crippen molar-refractivity contribution in [3.05, 3.63) is 23.8 Å². The van der Waals surface area contributed by atoms with Gasteiger partial charge in [-0.05, 0) is 25.2 Å². The van der Waals surface area contributed by atoms with Crippen LogP contribution in [0.1, 0.15) is 50.1 Å². The van der Waals surface area contributed by atoms with E-state index >= 15 is 0 Å². The Bertz CT molecular complexity index is 620. The van der Waals surface area contributed by atoms with Crippen molar-refractivity contribution in [3.8, 4) is 11.5 Å². The van der Waals surface area contributed by atoms with Gasteiger partial charge in [-0.3, -0.25) is 0 Å². The van der Waals surface area contributed by atoms with Crippen molar-refractivity contribution in [1.82, 2.24) is 16.2 Å². The highest BCUT2D eigenvalue weighted by molar-refractivity contribution is 8.13. The average molecular weight is 379 g/mol. The first-order chi connectivity index (χ1) is 12.7. The molecule has 1 saturated carbocycles. The van der Waals surface area contributed by atoms with Crippen LogP contribution >= 0.6 is 11.8 Å². The zero-order chi connectivity index (χ0) is 18.4. The van der Waals surface area contributed by atoms with E-state index in [1.165, 1.54) is 32.1 Å². The maximum Gasteiger partial charge on any atom is 0.158 e. The van der Waals surface area contributed by atoms with E-state index in [2.05, 4.69) is 28.5 Å². The van der Waals surface area contributed by atoms with Crippen LogP contribution in [0.15, 0.2) is 23.2 Å². The van der Waals surface area contributed by atoms with Gasteiger partial charge in [-0.25, -0.2) is 15.8 Å². The van der Waals surface area contributed by atoms with Gasteiger partial charge in [0.1, 0.15) is 17.7 Å². The molecule has 6 nitrogen and oxygen atoms in total. The van der Waals surface area contributed by atoms with Gasteiger partial charge in [0, 0.05) is 24.1 Å². The summed E-state index contributed by atoms with van der Waals surface area (Å²) in [5, 5.41) is 4.66. The normalized spacial score (nSPS) is 24.5. The molecule has 1 heterocycles. The first-order valence-electron chi connectivity index (χ1n) is 9.34. The lowest BCUT2D eigenvalue weighted by Gasteiger charge is -2.24. The highest BCUT2D eigenvalue weighted by Gasteiger charge is 2.27. The Kier molecular flexibility index (Phi) is 7.05. The predicted molar refractivity (Wildman–Crippen MR) is 108 cm³/mol. The van der Waals surface area contributed by atoms with Crippen molar-refractivity contribution in [2.45, 2.75) is 56.8 Å². The number of nitrogens with one attached hydrogen (secondary N) is 3. The van der Waals surface area contributed by atoms with E-state index in [0.717, 1.165) is 28.7 Å². The number of benzene rings is 1. The molecule has 2 atom stereocenters. The van der Waals surface area contributed by atoms with Crippen LogP contribution in [0.25, 0.3) is 0 Å². The molecule has 1 aliphatic carbocycles. The average Bonchev–Trinajstić information content (AvgIpc) is 3.16. The summed E-state index contributed by atoms with van der Waals surface area (Å²) in [6, 6.07) is 6.67. The standard InChI is InChI=1S/C19H30N4O2S/c1-24-14-9-10-15(17(11-14)25-2)16-12-18(23-22-16)21-19(26-3)20-13-7-5-4-6-8-13/h9-11,13,16,18,22-23H,4-8,12H2,1-3H3,(H,20,21). The molecule has 7 heteroatoms. The van der Waals surface area contributed by atoms with Gasteiger partial charge >= 0.3 is 0 Å². The first kappa shape index (κ1) is 19.3. The highest BCUT2D eigenvalue weighted by Crippen LogP contribution is 2.33. The van der Waals surface area contributed by atoms with Crippen LogP contribution in [-0.4, -0.2) is 37.9 Å². The molecule has 26 heavy (non-hydrogen) atoms. The van der Waals surface area contributed by atoms with E-state index in [9.17, 15) is 0 Å². The van der Waals surface area contributed by atoms with Crippen molar-refractivity contribution < 1.29 is 9.47 Å². The number of amidine groups is 1. The summed E-state index contributed by atoms with van der Waals surface area (Å²) in [6.45, 7) is 0. The topological polar surface area (TPSA) is 66.9 Å². The monoisotopic (exact) mass is 378 g/mol. The molecule has 0 bridgehead atoms. The van der Waals surface area contributed by atoms with E-state index in [1.54, 1.807) is 26.0 Å². The fraction of sp³-hybridized carbons (Fsp3) is 0.632. The van der Waals surface area contributed by atoms with Gasteiger partial charge in [0.25, 0.3) is 0 Å². The van der Waals surface area contributed by atoms with Crippen LogP contribution in [0.2, 0.25) is 0 Å². The fourth-order valence-electron chi connectivity index (χ4n) is 3.65. The van der Waals surface area contributed by atoms with Gasteiger partial charge in [0.2, 0.25) is 0 Å². The maximum atomic E-state index is 5.54. The molecule has 1 aromatic carbocycles. The van der Waals surface area contributed by atoms with Gasteiger partial charge in [0.05, 0.1) is 20.3 Å². The highest BCUT2D eigenvalue weighted by atomic mass is 32.2. The molecule has 0 spiro atoms. The first-order valence-corrected chi connectivity index (χ1v) is 10.6. The molecule has 2 fully saturated rings. The number of rotatable bonds is 5. The maximum absolute atomic E-state index is 5.54. The Labute approximate surface area is 160 Å². The lowest BCUT2D eigenvalue weighted by atomic mass is 9.96. The van der Waals surface area contributed by atoms with Crippen molar-refractivity contribution in [2.75, 3.05) is 20.5 Å². The lowest BCUT2D eigenvalue weighted by Crippen LogP contribution is -2.37. The number of hydrazine groups is 1. The SMILES string of the molecule is COc1ccc(C2CC(/N=C(/NC3CCCCC3)SC)NN2)c(OC)c1. The second-order valence-electron chi connectivity index (χ2n) is 6.82. The van der Waals surface area contributed by atoms with E-state index in [4.69, 9.17) is 14.5 Å². The minimum atomic E-state index is 0.0466. The minimum Gasteiger partial charge on any atom is -0.497 e. The van der Waals surface area contributed by atoms with Gasteiger partial charge in [-0.1, -0.05) is 37.1 Å². The van der Waals surface area contributed by atoms with Crippen LogP contribution in [-0.2, 0) is 0 Å². The Morgan fingerprint density at radius 2 is 1.96 bits per heavy atom. The predicted octanol–water partition coefficient (Wildman–Crippen LogP) is 3.21. The van der Waals surface area contributed by atoms with Crippen LogP contribution in [0.3, 0.4) is 0 Å². The number of ether oxygens (including phenoxy) is 2. The summed E-state index contributed by atoms with van der Waals surface area (Å²) in [5.41, 5.74) is 7.78. The minimum absolute atomic E-state index is 0.0466. The van der Waals surface area contributed by atoms with E-state index in [0.29, 0.717) is 6.04 Å². The Hall–Kier alpha value is -1.44.